The predicted octanol–water partition coefficient (Wildman–Crippen LogP) is 3.74. The standard InChI is InChI=1S/C22H19Cl2N5O4/c1-11-7-16-17(8-12(11)2)26-19-18(25-16)20(30)29(21(31)27-19)6-5-28(22(32)33)10-13-3-4-14(23)15(24)9-13/h3-4,7-9H,5-6,10H2,1-2H3,(H,32,33)(H,26,27,31). The highest BCUT2D eigenvalue weighted by atomic mass is 35.5. The lowest BCUT2D eigenvalue weighted by atomic mass is 10.1. The van der Waals surface area contributed by atoms with Crippen molar-refractivity contribution < 1.29 is 9.90 Å². The summed E-state index contributed by atoms with van der Waals surface area (Å²) in [6, 6.07) is 8.47. The van der Waals surface area contributed by atoms with Crippen molar-refractivity contribution in [3.63, 3.8) is 0 Å². The van der Waals surface area contributed by atoms with Gasteiger partial charge in [-0.1, -0.05) is 29.3 Å². The van der Waals surface area contributed by atoms with Crippen LogP contribution in [0.15, 0.2) is 39.9 Å². The average molecular weight is 488 g/mol. The molecule has 0 unspecified atom stereocenters. The van der Waals surface area contributed by atoms with Crippen LogP contribution in [0.1, 0.15) is 16.7 Å². The van der Waals surface area contributed by atoms with Crippen molar-refractivity contribution in [3.05, 3.63) is 77.9 Å². The molecule has 0 fully saturated rings. The molecule has 0 spiro atoms. The van der Waals surface area contributed by atoms with Crippen LogP contribution in [-0.2, 0) is 13.1 Å². The quantitative estimate of drug-likeness (QED) is 0.413. The fourth-order valence-electron chi connectivity index (χ4n) is 3.46. The van der Waals surface area contributed by atoms with Crippen molar-refractivity contribution >= 4 is 51.5 Å². The normalized spacial score (nSPS) is 11.3. The molecule has 4 aromatic rings. The van der Waals surface area contributed by atoms with E-state index in [1.807, 2.05) is 26.0 Å². The molecule has 11 heteroatoms. The maximum atomic E-state index is 13.0. The van der Waals surface area contributed by atoms with Crippen LogP contribution in [0.4, 0.5) is 4.79 Å². The van der Waals surface area contributed by atoms with Gasteiger partial charge >= 0.3 is 11.8 Å². The van der Waals surface area contributed by atoms with Gasteiger partial charge in [0.1, 0.15) is 0 Å². The van der Waals surface area contributed by atoms with Gasteiger partial charge in [-0.2, -0.15) is 0 Å². The number of amides is 1. The third-order valence-electron chi connectivity index (χ3n) is 5.42. The molecule has 2 aromatic carbocycles. The van der Waals surface area contributed by atoms with Crippen LogP contribution >= 0.6 is 23.2 Å². The number of aromatic nitrogens is 4. The number of halogens is 2. The predicted molar refractivity (Wildman–Crippen MR) is 126 cm³/mol. The van der Waals surface area contributed by atoms with Crippen LogP contribution in [0, 0.1) is 13.8 Å². The second kappa shape index (κ2) is 8.84. The smallest absolute Gasteiger partial charge is 0.407 e. The second-order valence-electron chi connectivity index (χ2n) is 7.69. The zero-order valence-corrected chi connectivity index (χ0v) is 19.2. The number of carboxylic acid groups (broad SMARTS) is 1. The molecular weight excluding hydrogens is 469 g/mol. The first-order valence-corrected chi connectivity index (χ1v) is 10.7. The Hall–Kier alpha value is -3.43. The van der Waals surface area contributed by atoms with Gasteiger partial charge in [-0.15, -0.1) is 0 Å². The molecule has 0 bridgehead atoms. The molecule has 2 heterocycles. The summed E-state index contributed by atoms with van der Waals surface area (Å²) in [7, 11) is 0. The number of aryl methyl sites for hydroxylation is 2. The highest BCUT2D eigenvalue weighted by Crippen LogP contribution is 2.23. The molecule has 4 rings (SSSR count). The number of fused-ring (bicyclic) bond motifs is 2. The molecule has 0 radical (unpaired) electrons. The fraction of sp³-hybridized carbons (Fsp3) is 0.227. The molecule has 0 saturated heterocycles. The van der Waals surface area contributed by atoms with Gasteiger partial charge in [-0.05, 0) is 54.8 Å². The Labute approximate surface area is 197 Å². The van der Waals surface area contributed by atoms with Gasteiger partial charge in [0.2, 0.25) is 0 Å². The largest absolute Gasteiger partial charge is 0.465 e. The Balaban J connectivity index is 1.66. The monoisotopic (exact) mass is 487 g/mol. The molecule has 1 amide bonds. The van der Waals surface area contributed by atoms with E-state index >= 15 is 0 Å². The summed E-state index contributed by atoms with van der Waals surface area (Å²) in [4.78, 5) is 49.8. The van der Waals surface area contributed by atoms with E-state index in [2.05, 4.69) is 15.0 Å². The van der Waals surface area contributed by atoms with Crippen LogP contribution < -0.4 is 11.2 Å². The zero-order chi connectivity index (χ0) is 23.9. The van der Waals surface area contributed by atoms with E-state index in [0.29, 0.717) is 26.6 Å². The topological polar surface area (TPSA) is 121 Å². The van der Waals surface area contributed by atoms with E-state index in [0.717, 1.165) is 20.6 Å². The van der Waals surface area contributed by atoms with Gasteiger partial charge in [0.15, 0.2) is 11.2 Å². The Morgan fingerprint density at radius 3 is 2.36 bits per heavy atom. The summed E-state index contributed by atoms with van der Waals surface area (Å²) in [5.41, 5.74) is 2.51. The van der Waals surface area contributed by atoms with Crippen molar-refractivity contribution in [2.24, 2.45) is 0 Å². The minimum absolute atomic E-state index is 0.00945. The minimum Gasteiger partial charge on any atom is -0.465 e. The van der Waals surface area contributed by atoms with Crippen molar-refractivity contribution in [1.29, 1.82) is 0 Å². The number of hydrogen-bond acceptors (Lipinski definition) is 5. The highest BCUT2D eigenvalue weighted by molar-refractivity contribution is 6.42. The molecule has 0 saturated carbocycles. The molecular formula is C22H19Cl2N5O4. The number of benzene rings is 2. The SMILES string of the molecule is Cc1cc2nc3[nH]c(=O)n(CCN(Cc4ccc(Cl)c(Cl)c4)C(=O)O)c(=O)c3nc2cc1C. The lowest BCUT2D eigenvalue weighted by molar-refractivity contribution is 0.140. The third kappa shape index (κ3) is 4.55. The molecule has 0 atom stereocenters. The van der Waals surface area contributed by atoms with Crippen LogP contribution in [0.2, 0.25) is 10.0 Å². The number of carbonyl (C=O) groups is 1. The summed E-state index contributed by atoms with van der Waals surface area (Å²) in [6.45, 7) is 3.61. The van der Waals surface area contributed by atoms with Gasteiger partial charge in [-0.3, -0.25) is 14.3 Å². The molecule has 0 aliphatic carbocycles. The van der Waals surface area contributed by atoms with Crippen molar-refractivity contribution in [2.75, 3.05) is 6.54 Å². The third-order valence-corrected chi connectivity index (χ3v) is 6.16. The Morgan fingerprint density at radius 1 is 1.06 bits per heavy atom. The fourth-order valence-corrected chi connectivity index (χ4v) is 3.78. The van der Waals surface area contributed by atoms with Gasteiger partial charge in [0.25, 0.3) is 5.56 Å². The summed E-state index contributed by atoms with van der Waals surface area (Å²) < 4.78 is 0.925. The maximum Gasteiger partial charge on any atom is 0.407 e. The molecule has 170 valence electrons. The number of aromatic amines is 1. The van der Waals surface area contributed by atoms with E-state index in [4.69, 9.17) is 23.2 Å². The Morgan fingerprint density at radius 2 is 1.73 bits per heavy atom. The molecule has 33 heavy (non-hydrogen) atoms. The van der Waals surface area contributed by atoms with E-state index in [1.165, 1.54) is 0 Å². The molecule has 2 N–H and O–H groups in total. The summed E-state index contributed by atoms with van der Waals surface area (Å²) in [5.74, 6) is 0. The lowest BCUT2D eigenvalue weighted by Gasteiger charge is -2.20. The molecule has 0 aliphatic rings. The number of H-pyrrole nitrogens is 1. The lowest BCUT2D eigenvalue weighted by Crippen LogP contribution is -2.40. The molecule has 9 nitrogen and oxygen atoms in total. The summed E-state index contributed by atoms with van der Waals surface area (Å²) in [6.07, 6.45) is -1.21. The van der Waals surface area contributed by atoms with Crippen LogP contribution in [0.3, 0.4) is 0 Å². The van der Waals surface area contributed by atoms with Crippen LogP contribution in [0.25, 0.3) is 22.2 Å². The minimum atomic E-state index is -1.21. The van der Waals surface area contributed by atoms with Crippen molar-refractivity contribution in [2.45, 2.75) is 26.9 Å². The maximum absolute atomic E-state index is 13.0. The van der Waals surface area contributed by atoms with Gasteiger partial charge in [0.05, 0.1) is 21.1 Å². The first kappa shape index (κ1) is 22.8. The van der Waals surface area contributed by atoms with E-state index < -0.39 is 17.3 Å². The van der Waals surface area contributed by atoms with Gasteiger partial charge < -0.3 is 10.0 Å². The van der Waals surface area contributed by atoms with E-state index in [9.17, 15) is 19.5 Å². The van der Waals surface area contributed by atoms with E-state index in [1.54, 1.807) is 18.2 Å². The highest BCUT2D eigenvalue weighted by Gasteiger charge is 2.17. The number of hydrogen-bond donors (Lipinski definition) is 2. The van der Waals surface area contributed by atoms with Gasteiger partial charge in [0, 0.05) is 19.6 Å². The average Bonchev–Trinajstić information content (AvgIpc) is 2.75. The van der Waals surface area contributed by atoms with Crippen LogP contribution in [-0.4, -0.2) is 42.2 Å². The zero-order valence-electron chi connectivity index (χ0n) is 17.7. The van der Waals surface area contributed by atoms with Crippen LogP contribution in [0.5, 0.6) is 0 Å². The summed E-state index contributed by atoms with van der Waals surface area (Å²) in [5, 5.41) is 10.2. The number of nitrogens with zero attached hydrogens (tertiary/aromatic N) is 4. The molecule has 2 aromatic heterocycles. The first-order valence-electron chi connectivity index (χ1n) is 9.97. The van der Waals surface area contributed by atoms with Gasteiger partial charge in [-0.25, -0.2) is 19.6 Å². The van der Waals surface area contributed by atoms with Crippen molar-refractivity contribution in [3.8, 4) is 0 Å². The van der Waals surface area contributed by atoms with E-state index in [-0.39, 0.29) is 30.8 Å². The second-order valence-corrected chi connectivity index (χ2v) is 8.50. The first-order chi connectivity index (χ1) is 15.6. The molecule has 0 aliphatic heterocycles. The Kier molecular flexibility index (Phi) is 6.09. The number of nitrogens with one attached hydrogen (secondary N) is 1. The van der Waals surface area contributed by atoms with Crippen molar-refractivity contribution in [1.82, 2.24) is 24.4 Å². The number of rotatable bonds is 5. The Bertz CT molecular complexity index is 1530. The summed E-state index contributed by atoms with van der Waals surface area (Å²) >= 11 is 11.9.